The highest BCUT2D eigenvalue weighted by Gasteiger charge is 2.19. The van der Waals surface area contributed by atoms with Crippen LogP contribution in [0.2, 0.25) is 5.02 Å². The summed E-state index contributed by atoms with van der Waals surface area (Å²) in [5.74, 6) is -1.11. The van der Waals surface area contributed by atoms with Crippen LogP contribution in [0.4, 0.5) is 14.6 Å². The fraction of sp³-hybridized carbons (Fsp3) is 0. The van der Waals surface area contributed by atoms with Crippen molar-refractivity contribution >= 4 is 28.8 Å². The Balaban J connectivity index is 2.24. The molecule has 0 aliphatic carbocycles. The fourth-order valence-corrected chi connectivity index (χ4v) is 2.87. The third-order valence-electron chi connectivity index (χ3n) is 2.84. The lowest BCUT2D eigenvalue weighted by atomic mass is 10.1. The number of anilines is 1. The second-order valence-corrected chi connectivity index (χ2v) is 5.44. The second-order valence-electron chi connectivity index (χ2n) is 4.08. The topological polar surface area (TPSA) is 54.7 Å². The van der Waals surface area contributed by atoms with Gasteiger partial charge in [0.05, 0.1) is 16.3 Å². The highest BCUT2D eigenvalue weighted by molar-refractivity contribution is 7.13. The van der Waals surface area contributed by atoms with Gasteiger partial charge in [0.15, 0.2) is 5.82 Å². The van der Waals surface area contributed by atoms with E-state index in [4.69, 9.17) is 17.3 Å². The molecule has 0 bridgehead atoms. The lowest BCUT2D eigenvalue weighted by molar-refractivity contribution is 0.603. The van der Waals surface area contributed by atoms with E-state index in [0.29, 0.717) is 11.3 Å². The van der Waals surface area contributed by atoms with Crippen molar-refractivity contribution in [3.05, 3.63) is 46.3 Å². The van der Waals surface area contributed by atoms with Crippen LogP contribution < -0.4 is 5.73 Å². The van der Waals surface area contributed by atoms with Crippen LogP contribution in [-0.4, -0.2) is 10.2 Å². The number of nitrogens with one attached hydrogen (secondary N) is 1. The Hall–Kier alpha value is -1.92. The van der Waals surface area contributed by atoms with Crippen molar-refractivity contribution in [2.24, 2.45) is 0 Å². The number of aromatic nitrogens is 2. The number of nitrogen functional groups attached to an aromatic ring is 1. The number of rotatable bonds is 2. The minimum atomic E-state index is -0.701. The Bertz CT molecular complexity index is 768. The Morgan fingerprint density at radius 1 is 1.25 bits per heavy atom. The molecule has 0 saturated heterocycles. The smallest absolute Gasteiger partial charge is 0.154 e. The number of hydrogen-bond donors (Lipinski definition) is 2. The third-order valence-corrected chi connectivity index (χ3v) is 4.02. The molecule has 0 radical (unpaired) electrons. The summed E-state index contributed by atoms with van der Waals surface area (Å²) in [4.78, 5) is 0.820. The van der Waals surface area contributed by atoms with Crippen LogP contribution in [0, 0.1) is 11.6 Å². The summed E-state index contributed by atoms with van der Waals surface area (Å²) in [6, 6.07) is 5.64. The zero-order chi connectivity index (χ0) is 14.3. The number of thiophene rings is 1. The summed E-state index contributed by atoms with van der Waals surface area (Å²) in [6.07, 6.45) is 0. The van der Waals surface area contributed by atoms with E-state index in [1.54, 1.807) is 0 Å². The molecule has 0 unspecified atom stereocenters. The Morgan fingerprint density at radius 3 is 2.75 bits per heavy atom. The molecule has 3 N–H and O–H groups in total. The van der Waals surface area contributed by atoms with Gasteiger partial charge in [-0.25, -0.2) is 8.78 Å². The van der Waals surface area contributed by atoms with Gasteiger partial charge in [0.2, 0.25) is 0 Å². The zero-order valence-corrected chi connectivity index (χ0v) is 11.5. The van der Waals surface area contributed by atoms with Crippen LogP contribution in [-0.2, 0) is 0 Å². The quantitative estimate of drug-likeness (QED) is 0.693. The number of benzene rings is 1. The molecule has 0 aliphatic heterocycles. The van der Waals surface area contributed by atoms with Crippen molar-refractivity contribution in [1.82, 2.24) is 10.2 Å². The Labute approximate surface area is 122 Å². The van der Waals surface area contributed by atoms with Crippen LogP contribution in [0.3, 0.4) is 0 Å². The van der Waals surface area contributed by atoms with Crippen LogP contribution in [0.1, 0.15) is 0 Å². The fourth-order valence-electron chi connectivity index (χ4n) is 1.94. The summed E-state index contributed by atoms with van der Waals surface area (Å²) < 4.78 is 27.6. The van der Waals surface area contributed by atoms with Gasteiger partial charge in [-0.2, -0.15) is 5.10 Å². The highest BCUT2D eigenvalue weighted by Crippen LogP contribution is 2.38. The molecule has 3 aromatic rings. The van der Waals surface area contributed by atoms with Crippen LogP contribution in [0.15, 0.2) is 29.6 Å². The van der Waals surface area contributed by atoms with E-state index in [1.165, 1.54) is 11.3 Å². The summed E-state index contributed by atoms with van der Waals surface area (Å²) in [5, 5.41) is 8.13. The van der Waals surface area contributed by atoms with Crippen molar-refractivity contribution in [2.45, 2.75) is 0 Å². The molecule has 3 nitrogen and oxygen atoms in total. The SMILES string of the molecule is Nc1n[nH]c(-c2cc(F)c(Cl)cc2F)c1-c1cccs1. The summed E-state index contributed by atoms with van der Waals surface area (Å²) in [5.41, 5.74) is 6.74. The van der Waals surface area contributed by atoms with Crippen LogP contribution in [0.25, 0.3) is 21.7 Å². The monoisotopic (exact) mass is 311 g/mol. The average molecular weight is 312 g/mol. The predicted octanol–water partition coefficient (Wildman–Crippen LogP) is 4.32. The largest absolute Gasteiger partial charge is 0.382 e. The highest BCUT2D eigenvalue weighted by atomic mass is 35.5. The number of halogens is 3. The molecular formula is C13H8ClF2N3S. The van der Waals surface area contributed by atoms with Gasteiger partial charge in [-0.05, 0) is 23.6 Å². The van der Waals surface area contributed by atoms with Crippen LogP contribution in [0.5, 0.6) is 0 Å². The second kappa shape index (κ2) is 4.88. The predicted molar refractivity (Wildman–Crippen MR) is 76.7 cm³/mol. The van der Waals surface area contributed by atoms with Crippen molar-refractivity contribution in [3.8, 4) is 21.7 Å². The van der Waals surface area contributed by atoms with Gasteiger partial charge in [0, 0.05) is 10.4 Å². The Kier molecular flexibility index (Phi) is 3.19. The minimum absolute atomic E-state index is 0.0412. The van der Waals surface area contributed by atoms with E-state index in [0.717, 1.165) is 17.0 Å². The molecule has 102 valence electrons. The van der Waals surface area contributed by atoms with Gasteiger partial charge in [0.25, 0.3) is 0 Å². The molecule has 1 aromatic carbocycles. The third kappa shape index (κ3) is 2.07. The first-order chi connectivity index (χ1) is 9.58. The zero-order valence-electron chi connectivity index (χ0n) is 9.95. The Morgan fingerprint density at radius 2 is 2.05 bits per heavy atom. The molecule has 0 aliphatic rings. The molecular weight excluding hydrogens is 304 g/mol. The number of hydrogen-bond acceptors (Lipinski definition) is 3. The lowest BCUT2D eigenvalue weighted by Crippen LogP contribution is -1.91. The van der Waals surface area contributed by atoms with Crippen molar-refractivity contribution in [1.29, 1.82) is 0 Å². The average Bonchev–Trinajstić information content (AvgIpc) is 3.03. The van der Waals surface area contributed by atoms with E-state index in [2.05, 4.69) is 10.2 Å². The first kappa shape index (κ1) is 13.1. The van der Waals surface area contributed by atoms with Gasteiger partial charge in [-0.3, -0.25) is 5.10 Å². The molecule has 0 atom stereocenters. The van der Waals surface area contributed by atoms with Gasteiger partial charge >= 0.3 is 0 Å². The first-order valence-electron chi connectivity index (χ1n) is 5.60. The minimum Gasteiger partial charge on any atom is -0.382 e. The summed E-state index contributed by atoms with van der Waals surface area (Å²) in [7, 11) is 0. The van der Waals surface area contributed by atoms with Crippen molar-refractivity contribution in [3.63, 3.8) is 0 Å². The van der Waals surface area contributed by atoms with Crippen molar-refractivity contribution < 1.29 is 8.78 Å². The van der Waals surface area contributed by atoms with Crippen molar-refractivity contribution in [2.75, 3.05) is 5.73 Å². The number of nitrogens with zero attached hydrogens (tertiary/aromatic N) is 1. The number of H-pyrrole nitrogens is 1. The maximum atomic E-state index is 14.0. The molecule has 0 amide bonds. The maximum absolute atomic E-state index is 14.0. The maximum Gasteiger partial charge on any atom is 0.154 e. The van der Waals surface area contributed by atoms with Gasteiger partial charge in [-0.15, -0.1) is 11.3 Å². The molecule has 0 saturated carbocycles. The van der Waals surface area contributed by atoms with E-state index < -0.39 is 11.6 Å². The van der Waals surface area contributed by atoms with E-state index in [9.17, 15) is 8.78 Å². The molecule has 20 heavy (non-hydrogen) atoms. The molecule has 2 heterocycles. The van der Waals surface area contributed by atoms with E-state index in [1.807, 2.05) is 17.5 Å². The van der Waals surface area contributed by atoms with Gasteiger partial charge in [0.1, 0.15) is 11.6 Å². The number of aromatic amines is 1. The first-order valence-corrected chi connectivity index (χ1v) is 6.86. The van der Waals surface area contributed by atoms with Gasteiger partial charge in [-0.1, -0.05) is 17.7 Å². The molecule has 7 heteroatoms. The molecule has 3 rings (SSSR count). The lowest BCUT2D eigenvalue weighted by Gasteiger charge is -2.05. The van der Waals surface area contributed by atoms with E-state index in [-0.39, 0.29) is 16.4 Å². The molecule has 0 spiro atoms. The molecule has 2 aromatic heterocycles. The normalized spacial score (nSPS) is 10.9. The van der Waals surface area contributed by atoms with Crippen LogP contribution >= 0.6 is 22.9 Å². The number of nitrogens with two attached hydrogens (primary N) is 1. The summed E-state index contributed by atoms with van der Waals surface area (Å²) in [6.45, 7) is 0. The van der Waals surface area contributed by atoms with E-state index >= 15 is 0 Å². The summed E-state index contributed by atoms with van der Waals surface area (Å²) >= 11 is 6.99. The standard InChI is InChI=1S/C13H8ClF2N3S/c14-7-5-8(15)6(4-9(7)16)12-11(13(17)19-18-12)10-2-1-3-20-10/h1-5H,(H3,17,18,19). The molecule has 0 fully saturated rings. The van der Waals surface area contributed by atoms with Gasteiger partial charge < -0.3 is 5.73 Å².